The third-order valence-electron chi connectivity index (χ3n) is 2.94. The van der Waals surface area contributed by atoms with Crippen LogP contribution in [0.15, 0.2) is 6.07 Å². The quantitative estimate of drug-likeness (QED) is 0.783. The van der Waals surface area contributed by atoms with Crippen LogP contribution in [0.25, 0.3) is 0 Å². The second kappa shape index (κ2) is 7.53. The Kier molecular flexibility index (Phi) is 6.35. The number of aryl methyl sites for hydroxylation is 2. The summed E-state index contributed by atoms with van der Waals surface area (Å²) in [5.74, 6) is 0.440. The summed E-state index contributed by atoms with van der Waals surface area (Å²) < 4.78 is 1.74. The smallest absolute Gasteiger partial charge is 0.269 e. The molecule has 0 saturated heterocycles. The van der Waals surface area contributed by atoms with Gasteiger partial charge >= 0.3 is 0 Å². The number of amides is 1. The van der Waals surface area contributed by atoms with Crippen molar-refractivity contribution in [1.29, 1.82) is 0 Å². The van der Waals surface area contributed by atoms with E-state index >= 15 is 0 Å². The van der Waals surface area contributed by atoms with Gasteiger partial charge in [-0.25, -0.2) is 0 Å². The molecule has 0 saturated carbocycles. The third kappa shape index (κ3) is 4.86. The zero-order valence-corrected chi connectivity index (χ0v) is 13.0. The molecule has 4 nitrogen and oxygen atoms in total. The molecule has 108 valence electrons. The molecule has 0 aromatic carbocycles. The van der Waals surface area contributed by atoms with E-state index in [4.69, 9.17) is 11.6 Å². The molecule has 0 aliphatic rings. The fourth-order valence-corrected chi connectivity index (χ4v) is 2.39. The SMILES string of the molecule is CCc1cc(C(=O)NCC(Cl)CC(C)C)n(CC)n1. The number of hydrogen-bond acceptors (Lipinski definition) is 2. The van der Waals surface area contributed by atoms with E-state index in [0.29, 0.717) is 24.7 Å². The summed E-state index contributed by atoms with van der Waals surface area (Å²) in [4.78, 5) is 12.1. The Balaban J connectivity index is 2.60. The van der Waals surface area contributed by atoms with Gasteiger partial charge in [-0.1, -0.05) is 20.8 Å². The molecule has 1 heterocycles. The number of carbonyl (C=O) groups is 1. The van der Waals surface area contributed by atoms with Crippen LogP contribution >= 0.6 is 11.6 Å². The van der Waals surface area contributed by atoms with Gasteiger partial charge in [0.15, 0.2) is 0 Å². The van der Waals surface area contributed by atoms with E-state index in [9.17, 15) is 4.79 Å². The Morgan fingerprint density at radius 2 is 2.16 bits per heavy atom. The maximum absolute atomic E-state index is 12.1. The van der Waals surface area contributed by atoms with Crippen LogP contribution in [0, 0.1) is 5.92 Å². The number of nitrogens with zero attached hydrogens (tertiary/aromatic N) is 2. The minimum Gasteiger partial charge on any atom is -0.349 e. The van der Waals surface area contributed by atoms with Gasteiger partial charge in [0, 0.05) is 13.1 Å². The van der Waals surface area contributed by atoms with Crippen LogP contribution in [0.2, 0.25) is 0 Å². The summed E-state index contributed by atoms with van der Waals surface area (Å²) in [7, 11) is 0. The van der Waals surface area contributed by atoms with Gasteiger partial charge < -0.3 is 5.32 Å². The first kappa shape index (κ1) is 16.0. The van der Waals surface area contributed by atoms with Crippen molar-refractivity contribution >= 4 is 17.5 Å². The van der Waals surface area contributed by atoms with Crippen molar-refractivity contribution in [2.45, 2.75) is 52.5 Å². The lowest BCUT2D eigenvalue weighted by Gasteiger charge is -2.13. The highest BCUT2D eigenvalue weighted by Gasteiger charge is 2.15. The number of nitrogens with one attached hydrogen (secondary N) is 1. The lowest BCUT2D eigenvalue weighted by Crippen LogP contribution is -2.31. The molecule has 0 aliphatic heterocycles. The molecule has 0 aliphatic carbocycles. The number of rotatable bonds is 7. The van der Waals surface area contributed by atoms with Crippen LogP contribution in [-0.2, 0) is 13.0 Å². The number of carbonyl (C=O) groups excluding carboxylic acids is 1. The first-order valence-electron chi connectivity index (χ1n) is 6.96. The molecule has 0 radical (unpaired) electrons. The molecular weight excluding hydrogens is 262 g/mol. The normalized spacial score (nSPS) is 12.7. The van der Waals surface area contributed by atoms with Crippen molar-refractivity contribution in [2.24, 2.45) is 5.92 Å². The second-order valence-corrected chi connectivity index (χ2v) is 5.74. The number of hydrogen-bond donors (Lipinski definition) is 1. The van der Waals surface area contributed by atoms with Crippen molar-refractivity contribution in [3.63, 3.8) is 0 Å². The molecule has 0 bridgehead atoms. The molecule has 5 heteroatoms. The average Bonchev–Trinajstić information content (AvgIpc) is 2.78. The Morgan fingerprint density at radius 3 is 2.68 bits per heavy atom. The molecule has 1 aromatic heterocycles. The summed E-state index contributed by atoms with van der Waals surface area (Å²) in [6, 6.07) is 1.85. The van der Waals surface area contributed by atoms with Gasteiger partial charge in [-0.15, -0.1) is 11.6 Å². The zero-order chi connectivity index (χ0) is 14.4. The monoisotopic (exact) mass is 285 g/mol. The Morgan fingerprint density at radius 1 is 1.47 bits per heavy atom. The second-order valence-electron chi connectivity index (χ2n) is 5.13. The van der Waals surface area contributed by atoms with Crippen molar-refractivity contribution < 1.29 is 4.79 Å². The highest BCUT2D eigenvalue weighted by molar-refractivity contribution is 6.20. The summed E-state index contributed by atoms with van der Waals surface area (Å²) in [5.41, 5.74) is 1.56. The van der Waals surface area contributed by atoms with Crippen LogP contribution in [0.3, 0.4) is 0 Å². The minimum absolute atomic E-state index is 0.0207. The van der Waals surface area contributed by atoms with Gasteiger partial charge in [0.25, 0.3) is 5.91 Å². The summed E-state index contributed by atoms with van der Waals surface area (Å²) in [6.07, 6.45) is 1.73. The maximum Gasteiger partial charge on any atom is 0.269 e. The highest BCUT2D eigenvalue weighted by atomic mass is 35.5. The average molecular weight is 286 g/mol. The molecule has 1 unspecified atom stereocenters. The molecule has 1 amide bonds. The van der Waals surface area contributed by atoms with Crippen molar-refractivity contribution in [1.82, 2.24) is 15.1 Å². The largest absolute Gasteiger partial charge is 0.349 e. The van der Waals surface area contributed by atoms with Gasteiger partial charge in [0.2, 0.25) is 0 Å². The van der Waals surface area contributed by atoms with Crippen LogP contribution in [0.4, 0.5) is 0 Å². The van der Waals surface area contributed by atoms with E-state index in [2.05, 4.69) is 24.3 Å². The topological polar surface area (TPSA) is 46.9 Å². The van der Waals surface area contributed by atoms with E-state index in [0.717, 1.165) is 18.5 Å². The van der Waals surface area contributed by atoms with Gasteiger partial charge in [0.05, 0.1) is 11.1 Å². The Bertz CT molecular complexity index is 415. The van der Waals surface area contributed by atoms with Gasteiger partial charge in [-0.2, -0.15) is 5.10 Å². The standard InChI is InChI=1S/C14H24ClN3O/c1-5-12-8-13(18(6-2)17-12)14(19)16-9-11(15)7-10(3)4/h8,10-11H,5-7,9H2,1-4H3,(H,16,19). The lowest BCUT2D eigenvalue weighted by molar-refractivity contribution is 0.0942. The predicted octanol–water partition coefficient (Wildman–Crippen LogP) is 2.85. The Hall–Kier alpha value is -1.03. The zero-order valence-electron chi connectivity index (χ0n) is 12.2. The molecule has 1 aromatic rings. The van der Waals surface area contributed by atoms with Crippen LogP contribution < -0.4 is 5.32 Å². The summed E-state index contributed by atoms with van der Waals surface area (Å²) >= 11 is 6.18. The van der Waals surface area contributed by atoms with Gasteiger partial charge in [-0.3, -0.25) is 9.48 Å². The molecular formula is C14H24ClN3O. The van der Waals surface area contributed by atoms with E-state index in [1.165, 1.54) is 0 Å². The number of alkyl halides is 1. The maximum atomic E-state index is 12.1. The van der Waals surface area contributed by atoms with Crippen molar-refractivity contribution in [3.05, 3.63) is 17.5 Å². The van der Waals surface area contributed by atoms with Crippen LogP contribution in [-0.4, -0.2) is 27.6 Å². The number of halogens is 1. The van der Waals surface area contributed by atoms with E-state index < -0.39 is 0 Å². The fraction of sp³-hybridized carbons (Fsp3) is 0.714. The van der Waals surface area contributed by atoms with Gasteiger partial charge in [0.1, 0.15) is 5.69 Å². The first-order valence-corrected chi connectivity index (χ1v) is 7.40. The van der Waals surface area contributed by atoms with Crippen LogP contribution in [0.5, 0.6) is 0 Å². The first-order chi connectivity index (χ1) is 8.97. The molecule has 1 N–H and O–H groups in total. The summed E-state index contributed by atoms with van der Waals surface area (Å²) in [6.45, 7) is 9.44. The molecule has 19 heavy (non-hydrogen) atoms. The minimum atomic E-state index is -0.0940. The predicted molar refractivity (Wildman–Crippen MR) is 78.7 cm³/mol. The Labute approximate surface area is 120 Å². The molecule has 1 atom stereocenters. The third-order valence-corrected chi connectivity index (χ3v) is 3.27. The fourth-order valence-electron chi connectivity index (χ4n) is 1.96. The highest BCUT2D eigenvalue weighted by Crippen LogP contribution is 2.10. The number of aromatic nitrogens is 2. The van der Waals surface area contributed by atoms with Crippen LogP contribution in [0.1, 0.15) is 50.3 Å². The molecule has 0 fully saturated rings. The van der Waals surface area contributed by atoms with Crippen molar-refractivity contribution in [3.8, 4) is 0 Å². The van der Waals surface area contributed by atoms with Gasteiger partial charge in [-0.05, 0) is 31.7 Å². The summed E-state index contributed by atoms with van der Waals surface area (Å²) in [5, 5.41) is 7.23. The molecule has 1 rings (SSSR count). The van der Waals surface area contributed by atoms with E-state index in [1.807, 2.05) is 19.9 Å². The lowest BCUT2D eigenvalue weighted by atomic mass is 10.1. The van der Waals surface area contributed by atoms with E-state index in [1.54, 1.807) is 4.68 Å². The van der Waals surface area contributed by atoms with E-state index in [-0.39, 0.29) is 11.3 Å². The van der Waals surface area contributed by atoms with Crippen molar-refractivity contribution in [2.75, 3.05) is 6.54 Å². The molecule has 0 spiro atoms.